The number of nitrogens with one attached hydrogen (secondary N) is 1. The molecule has 35 heavy (non-hydrogen) atoms. The summed E-state index contributed by atoms with van der Waals surface area (Å²) in [5.41, 5.74) is -1.93. The molecule has 12 heteroatoms. The maximum absolute atomic E-state index is 13.8. The molecule has 0 aliphatic rings. The summed E-state index contributed by atoms with van der Waals surface area (Å²) in [6.07, 6.45) is -4.09. The van der Waals surface area contributed by atoms with E-state index in [1.54, 1.807) is 43.3 Å². The summed E-state index contributed by atoms with van der Waals surface area (Å²) in [5, 5.41) is 6.35. The van der Waals surface area contributed by atoms with E-state index in [1.807, 2.05) is 0 Å². The largest absolute Gasteiger partial charge is 0.497 e. The standard InChI is InChI=1S/C23H24F3N3O5S/c1-15-4-10-19(11-5-15)35(31,32)34-14-16(2)28-20-12-27-29(22(30)21(20)23(24,25)26)13-17-6-8-18(33-3)9-7-17/h4-12,16,28H,13-14H2,1-3H3/t16-/m0/s1. The molecular formula is C23H24F3N3O5S. The Morgan fingerprint density at radius 1 is 1.09 bits per heavy atom. The topological polar surface area (TPSA) is 99.5 Å². The van der Waals surface area contributed by atoms with Gasteiger partial charge in [0.05, 0.1) is 37.0 Å². The van der Waals surface area contributed by atoms with Crippen molar-refractivity contribution in [1.82, 2.24) is 9.78 Å². The molecule has 0 fully saturated rings. The third-order valence-corrected chi connectivity index (χ3v) is 6.30. The third-order valence-electron chi connectivity index (χ3n) is 5.00. The first kappa shape index (κ1) is 26.2. The van der Waals surface area contributed by atoms with Gasteiger partial charge in [-0.3, -0.25) is 8.98 Å². The molecule has 0 unspecified atom stereocenters. The maximum Gasteiger partial charge on any atom is 0.423 e. The predicted octanol–water partition coefficient (Wildman–Crippen LogP) is 3.83. The van der Waals surface area contributed by atoms with Crippen molar-refractivity contribution in [2.75, 3.05) is 19.0 Å². The fourth-order valence-corrected chi connectivity index (χ4v) is 4.15. The molecule has 2 aromatic carbocycles. The minimum Gasteiger partial charge on any atom is -0.497 e. The van der Waals surface area contributed by atoms with Crippen molar-refractivity contribution >= 4 is 15.8 Å². The van der Waals surface area contributed by atoms with Crippen molar-refractivity contribution in [1.29, 1.82) is 0 Å². The molecule has 0 radical (unpaired) electrons. The molecule has 0 aliphatic heterocycles. The first-order valence-corrected chi connectivity index (χ1v) is 11.8. The number of aryl methyl sites for hydroxylation is 1. The summed E-state index contributed by atoms with van der Waals surface area (Å²) >= 11 is 0. The molecule has 1 heterocycles. The summed E-state index contributed by atoms with van der Waals surface area (Å²) < 4.78 is 76.7. The van der Waals surface area contributed by atoms with Crippen LogP contribution in [-0.2, 0) is 27.0 Å². The van der Waals surface area contributed by atoms with E-state index in [-0.39, 0.29) is 11.4 Å². The minimum atomic E-state index is -4.97. The molecule has 1 N–H and O–H groups in total. The van der Waals surface area contributed by atoms with E-state index in [4.69, 9.17) is 8.92 Å². The van der Waals surface area contributed by atoms with Gasteiger partial charge in [-0.25, -0.2) is 4.68 Å². The van der Waals surface area contributed by atoms with Crippen LogP contribution in [0.4, 0.5) is 18.9 Å². The van der Waals surface area contributed by atoms with Crippen LogP contribution in [0.25, 0.3) is 0 Å². The van der Waals surface area contributed by atoms with E-state index in [1.165, 1.54) is 26.2 Å². The van der Waals surface area contributed by atoms with E-state index in [0.717, 1.165) is 11.8 Å². The molecule has 0 spiro atoms. The van der Waals surface area contributed by atoms with E-state index < -0.39 is 45.8 Å². The summed E-state index contributed by atoms with van der Waals surface area (Å²) in [5.74, 6) is 0.560. The second-order valence-electron chi connectivity index (χ2n) is 7.84. The lowest BCUT2D eigenvalue weighted by Gasteiger charge is -2.19. The Bertz CT molecular complexity index is 1320. The van der Waals surface area contributed by atoms with Crippen LogP contribution in [0.5, 0.6) is 5.75 Å². The first-order valence-electron chi connectivity index (χ1n) is 10.4. The Hall–Kier alpha value is -3.38. The second-order valence-corrected chi connectivity index (χ2v) is 9.45. The number of ether oxygens (including phenoxy) is 1. The van der Waals surface area contributed by atoms with Crippen LogP contribution in [0.3, 0.4) is 0 Å². The number of alkyl halides is 3. The first-order chi connectivity index (χ1) is 16.4. The number of benzene rings is 2. The van der Waals surface area contributed by atoms with Crippen LogP contribution in [0.2, 0.25) is 0 Å². The summed E-state index contributed by atoms with van der Waals surface area (Å²) in [7, 11) is -2.63. The van der Waals surface area contributed by atoms with Crippen LogP contribution in [0, 0.1) is 6.92 Å². The molecule has 8 nitrogen and oxygen atoms in total. The SMILES string of the molecule is COc1ccc(Cn2ncc(N[C@@H](C)COS(=O)(=O)c3ccc(C)cc3)c(C(F)(F)F)c2=O)cc1. The van der Waals surface area contributed by atoms with Gasteiger partial charge in [-0.15, -0.1) is 0 Å². The van der Waals surface area contributed by atoms with E-state index in [2.05, 4.69) is 10.4 Å². The highest BCUT2D eigenvalue weighted by Crippen LogP contribution is 2.32. The lowest BCUT2D eigenvalue weighted by Crippen LogP contribution is -2.34. The van der Waals surface area contributed by atoms with Gasteiger partial charge >= 0.3 is 6.18 Å². The second kappa shape index (κ2) is 10.5. The van der Waals surface area contributed by atoms with Gasteiger partial charge in [-0.1, -0.05) is 29.8 Å². The Balaban J connectivity index is 1.78. The number of methoxy groups -OCH3 is 1. The number of nitrogens with zero attached hydrogens (tertiary/aromatic N) is 2. The van der Waals surface area contributed by atoms with Crippen molar-refractivity contribution in [2.45, 2.75) is 37.5 Å². The van der Waals surface area contributed by atoms with Gasteiger partial charge in [0, 0.05) is 6.04 Å². The van der Waals surface area contributed by atoms with Crippen LogP contribution in [0.1, 0.15) is 23.6 Å². The molecule has 3 aromatic rings. The number of rotatable bonds is 9. The highest BCUT2D eigenvalue weighted by Gasteiger charge is 2.38. The molecule has 0 saturated heterocycles. The van der Waals surface area contributed by atoms with Crippen LogP contribution < -0.4 is 15.6 Å². The van der Waals surface area contributed by atoms with Crippen molar-refractivity contribution in [2.24, 2.45) is 0 Å². The van der Waals surface area contributed by atoms with E-state index >= 15 is 0 Å². The summed E-state index contributed by atoms with van der Waals surface area (Å²) in [4.78, 5) is 12.6. The van der Waals surface area contributed by atoms with Gasteiger partial charge < -0.3 is 10.1 Å². The lowest BCUT2D eigenvalue weighted by molar-refractivity contribution is -0.138. The number of halogens is 3. The Labute approximate surface area is 200 Å². The average molecular weight is 512 g/mol. The Morgan fingerprint density at radius 2 is 1.71 bits per heavy atom. The highest BCUT2D eigenvalue weighted by molar-refractivity contribution is 7.86. The zero-order valence-electron chi connectivity index (χ0n) is 19.2. The van der Waals surface area contributed by atoms with Gasteiger partial charge in [0.1, 0.15) is 11.3 Å². The molecule has 3 rings (SSSR count). The Kier molecular flexibility index (Phi) is 7.86. The Morgan fingerprint density at radius 3 is 2.29 bits per heavy atom. The molecule has 0 amide bonds. The van der Waals surface area contributed by atoms with Crippen molar-refractivity contribution < 1.29 is 30.5 Å². The van der Waals surface area contributed by atoms with Crippen LogP contribution >= 0.6 is 0 Å². The molecule has 188 valence electrons. The van der Waals surface area contributed by atoms with Crippen molar-refractivity contribution in [3.63, 3.8) is 0 Å². The fraction of sp³-hybridized carbons (Fsp3) is 0.304. The van der Waals surface area contributed by atoms with Gasteiger partial charge in [-0.2, -0.15) is 26.7 Å². The van der Waals surface area contributed by atoms with Gasteiger partial charge in [-0.05, 0) is 43.7 Å². The molecule has 0 bridgehead atoms. The third kappa shape index (κ3) is 6.61. The average Bonchev–Trinajstić information content (AvgIpc) is 2.79. The monoisotopic (exact) mass is 511 g/mol. The smallest absolute Gasteiger partial charge is 0.423 e. The minimum absolute atomic E-state index is 0.0749. The fourth-order valence-electron chi connectivity index (χ4n) is 3.16. The van der Waals surface area contributed by atoms with E-state index in [0.29, 0.717) is 16.0 Å². The molecule has 1 atom stereocenters. The molecule has 0 saturated carbocycles. The number of anilines is 1. The number of hydrogen-bond donors (Lipinski definition) is 1. The van der Waals surface area contributed by atoms with Crippen LogP contribution in [-0.4, -0.2) is 38.0 Å². The van der Waals surface area contributed by atoms with Gasteiger partial charge in [0.2, 0.25) is 0 Å². The summed E-state index contributed by atoms with van der Waals surface area (Å²) in [6, 6.07) is 11.5. The number of aromatic nitrogens is 2. The predicted molar refractivity (Wildman–Crippen MR) is 123 cm³/mol. The maximum atomic E-state index is 13.8. The molecule has 1 aromatic heterocycles. The van der Waals surface area contributed by atoms with Crippen LogP contribution in [0.15, 0.2) is 64.4 Å². The lowest BCUT2D eigenvalue weighted by atomic mass is 10.2. The van der Waals surface area contributed by atoms with Gasteiger partial charge in [0.15, 0.2) is 0 Å². The quantitative estimate of drug-likeness (QED) is 0.436. The van der Waals surface area contributed by atoms with Crippen molar-refractivity contribution in [3.8, 4) is 5.75 Å². The normalized spacial score (nSPS) is 12.9. The zero-order chi connectivity index (χ0) is 25.8. The van der Waals surface area contributed by atoms with Gasteiger partial charge in [0.25, 0.3) is 15.7 Å². The molecule has 0 aliphatic carbocycles. The molecular weight excluding hydrogens is 487 g/mol. The van der Waals surface area contributed by atoms with Crippen molar-refractivity contribution in [3.05, 3.63) is 81.8 Å². The highest BCUT2D eigenvalue weighted by atomic mass is 32.2. The summed E-state index contributed by atoms with van der Waals surface area (Å²) in [6.45, 7) is 2.57. The zero-order valence-corrected chi connectivity index (χ0v) is 20.0. The van der Waals surface area contributed by atoms with E-state index in [9.17, 15) is 26.4 Å². The number of hydrogen-bond acceptors (Lipinski definition) is 7.